The number of benzene rings is 1. The van der Waals surface area contributed by atoms with Gasteiger partial charge in [-0.15, -0.1) is 0 Å². The van der Waals surface area contributed by atoms with Crippen LogP contribution in [0.25, 0.3) is 0 Å². The molecule has 0 aliphatic heterocycles. The van der Waals surface area contributed by atoms with E-state index < -0.39 is 0 Å². The molecule has 0 radical (unpaired) electrons. The van der Waals surface area contributed by atoms with Gasteiger partial charge < -0.3 is 17.1 Å². The van der Waals surface area contributed by atoms with Crippen molar-refractivity contribution in [2.75, 3.05) is 27.2 Å². The number of hydrogen-bond acceptors (Lipinski definition) is 2. The van der Waals surface area contributed by atoms with Crippen molar-refractivity contribution in [1.82, 2.24) is 4.48 Å². The molecule has 1 aromatic rings. The van der Waals surface area contributed by atoms with Crippen LogP contribution in [0.1, 0.15) is 6.92 Å². The first-order valence-corrected chi connectivity index (χ1v) is 5.65. The van der Waals surface area contributed by atoms with Crippen LogP contribution in [0.4, 0.5) is 5.69 Å². The average molecular weight is 270 g/mol. The molecule has 3 nitrogen and oxygen atoms in total. The molecule has 1 aromatic carbocycles. The van der Waals surface area contributed by atoms with E-state index in [0.29, 0.717) is 16.7 Å². The van der Waals surface area contributed by atoms with Crippen molar-refractivity contribution in [3.8, 4) is 0 Å². The van der Waals surface area contributed by atoms with E-state index in [1.807, 2.05) is 18.2 Å². The van der Waals surface area contributed by atoms with Crippen LogP contribution in [-0.4, -0.2) is 33.2 Å². The molecule has 0 bridgehead atoms. The first-order valence-electron chi connectivity index (χ1n) is 5.65. The van der Waals surface area contributed by atoms with Gasteiger partial charge >= 0.3 is 5.97 Å². The summed E-state index contributed by atoms with van der Waals surface area (Å²) in [7, 11) is 4.17. The summed E-state index contributed by atoms with van der Waals surface area (Å²) < 4.78 is 5.79. The fourth-order valence-corrected chi connectivity index (χ4v) is 1.45. The molecule has 0 unspecified atom stereocenters. The number of likely N-dealkylation sites (N-methyl/N-ethyl adjacent to an activating group) is 1. The third-order valence-corrected chi connectivity index (χ3v) is 2.69. The minimum atomic E-state index is -0.321. The minimum absolute atomic E-state index is 0. The summed E-state index contributed by atoms with van der Waals surface area (Å²) in [5.74, 6) is -0.321. The van der Waals surface area contributed by atoms with Gasteiger partial charge in [0.1, 0.15) is 18.8 Å². The van der Waals surface area contributed by atoms with Gasteiger partial charge in [0.15, 0.2) is 0 Å². The Labute approximate surface area is 115 Å². The monoisotopic (exact) mass is 269 g/mol. The van der Waals surface area contributed by atoms with Gasteiger partial charge in [-0.2, -0.15) is 0 Å². The molecular weight excluding hydrogens is 250 g/mol. The molecule has 0 saturated carbocycles. The molecule has 0 amide bonds. The summed E-state index contributed by atoms with van der Waals surface area (Å²) in [5.41, 5.74) is 1.63. The van der Waals surface area contributed by atoms with Crippen molar-refractivity contribution in [1.29, 1.82) is 0 Å². The summed E-state index contributed by atoms with van der Waals surface area (Å²) in [4.78, 5) is 11.2. The second-order valence-electron chi connectivity index (χ2n) is 4.66. The van der Waals surface area contributed by atoms with Gasteiger partial charge in [0, 0.05) is 5.57 Å². The lowest BCUT2D eigenvalue weighted by Gasteiger charge is -2.28. The molecule has 0 aromatic heterocycles. The van der Waals surface area contributed by atoms with Crippen molar-refractivity contribution < 1.29 is 21.9 Å². The van der Waals surface area contributed by atoms with Gasteiger partial charge in [0.2, 0.25) is 0 Å². The summed E-state index contributed by atoms with van der Waals surface area (Å²) in [6, 6.07) is 10.1. The zero-order valence-corrected chi connectivity index (χ0v) is 11.9. The number of quaternary nitrogens is 1. The largest absolute Gasteiger partial charge is 1.00 e. The second-order valence-corrected chi connectivity index (χ2v) is 4.66. The van der Waals surface area contributed by atoms with E-state index in [1.54, 1.807) is 6.92 Å². The molecule has 0 N–H and O–H groups in total. The van der Waals surface area contributed by atoms with Crippen molar-refractivity contribution in [3.05, 3.63) is 42.5 Å². The smallest absolute Gasteiger partial charge is 0.333 e. The van der Waals surface area contributed by atoms with Gasteiger partial charge in [-0.05, 0) is 19.1 Å². The van der Waals surface area contributed by atoms with Gasteiger partial charge in [0.25, 0.3) is 0 Å². The predicted molar refractivity (Wildman–Crippen MR) is 70.7 cm³/mol. The number of carbonyl (C=O) groups excluding carboxylic acids is 1. The lowest BCUT2D eigenvalue weighted by atomic mass is 10.2. The molecule has 0 heterocycles. The van der Waals surface area contributed by atoms with Gasteiger partial charge in [-0.3, -0.25) is 4.48 Å². The topological polar surface area (TPSA) is 26.3 Å². The van der Waals surface area contributed by atoms with Crippen LogP contribution in [0.2, 0.25) is 0 Å². The maximum Gasteiger partial charge on any atom is 0.333 e. The maximum absolute atomic E-state index is 11.2. The van der Waals surface area contributed by atoms with Crippen LogP contribution in [0.5, 0.6) is 0 Å². The lowest BCUT2D eigenvalue weighted by molar-refractivity contribution is -0.139. The van der Waals surface area contributed by atoms with E-state index in [4.69, 9.17) is 4.74 Å². The molecule has 100 valence electrons. The Morgan fingerprint density at radius 1 is 1.28 bits per heavy atom. The van der Waals surface area contributed by atoms with E-state index in [2.05, 4.69) is 32.8 Å². The first kappa shape index (κ1) is 16.7. The fourth-order valence-electron chi connectivity index (χ4n) is 1.45. The van der Waals surface area contributed by atoms with E-state index in [0.717, 1.165) is 6.54 Å². The third-order valence-electron chi connectivity index (χ3n) is 2.69. The second kappa shape index (κ2) is 7.19. The lowest BCUT2D eigenvalue weighted by Crippen LogP contribution is -3.00. The highest BCUT2D eigenvalue weighted by molar-refractivity contribution is 5.86. The van der Waals surface area contributed by atoms with Crippen molar-refractivity contribution in [2.24, 2.45) is 0 Å². The maximum atomic E-state index is 11.2. The van der Waals surface area contributed by atoms with E-state index in [9.17, 15) is 4.79 Å². The predicted octanol–water partition coefficient (Wildman–Crippen LogP) is -0.623. The molecule has 0 aliphatic carbocycles. The zero-order valence-electron chi connectivity index (χ0n) is 11.1. The van der Waals surface area contributed by atoms with Crippen molar-refractivity contribution >= 4 is 11.7 Å². The Bertz CT molecular complexity index is 402. The van der Waals surface area contributed by atoms with Crippen LogP contribution in [-0.2, 0) is 9.53 Å². The molecule has 0 aliphatic rings. The number of ether oxygens (including phenoxy) is 1. The molecular formula is C14H20ClNO2. The standard InChI is InChI=1S/C14H20NO2.ClH/c1-12(2)14(16)17-11-10-15(3,4)13-8-6-5-7-9-13;/h5-9H,1,10-11H2,2-4H3;1H/q+1;/p-1. The Balaban J connectivity index is 0.00000289. The summed E-state index contributed by atoms with van der Waals surface area (Å²) in [6.45, 7) is 6.34. The number of nitrogens with zero attached hydrogens (tertiary/aromatic N) is 1. The number of hydrogen-bond donors (Lipinski definition) is 0. The van der Waals surface area contributed by atoms with Crippen LogP contribution >= 0.6 is 0 Å². The number of halogens is 1. The zero-order chi connectivity index (χ0) is 12.9. The minimum Gasteiger partial charge on any atom is -1.00 e. The molecule has 0 fully saturated rings. The highest BCUT2D eigenvalue weighted by Crippen LogP contribution is 2.17. The molecule has 18 heavy (non-hydrogen) atoms. The average Bonchev–Trinajstić information content (AvgIpc) is 2.29. The van der Waals surface area contributed by atoms with Crippen LogP contribution < -0.4 is 16.9 Å². The highest BCUT2D eigenvalue weighted by atomic mass is 35.5. The Morgan fingerprint density at radius 2 is 1.83 bits per heavy atom. The third kappa shape index (κ3) is 4.90. The summed E-state index contributed by atoms with van der Waals surface area (Å²) in [5, 5.41) is 0. The Morgan fingerprint density at radius 3 is 2.33 bits per heavy atom. The van der Waals surface area contributed by atoms with Gasteiger partial charge in [-0.1, -0.05) is 24.8 Å². The number of para-hydroxylation sites is 1. The summed E-state index contributed by atoms with van der Waals surface area (Å²) >= 11 is 0. The van der Waals surface area contributed by atoms with Crippen molar-refractivity contribution in [2.45, 2.75) is 6.92 Å². The quantitative estimate of drug-likeness (QED) is 0.405. The number of carbonyl (C=O) groups is 1. The van der Waals surface area contributed by atoms with Crippen LogP contribution in [0.3, 0.4) is 0 Å². The van der Waals surface area contributed by atoms with E-state index in [1.165, 1.54) is 5.69 Å². The highest BCUT2D eigenvalue weighted by Gasteiger charge is 2.18. The Hall–Kier alpha value is -1.32. The molecule has 0 spiro atoms. The number of esters is 1. The van der Waals surface area contributed by atoms with Gasteiger partial charge in [-0.25, -0.2) is 4.79 Å². The van der Waals surface area contributed by atoms with E-state index >= 15 is 0 Å². The molecule has 0 saturated heterocycles. The molecule has 0 atom stereocenters. The van der Waals surface area contributed by atoms with E-state index in [-0.39, 0.29) is 18.4 Å². The Kier molecular flexibility index (Phi) is 6.66. The fraction of sp³-hybridized carbons (Fsp3) is 0.357. The summed E-state index contributed by atoms with van der Waals surface area (Å²) in [6.07, 6.45) is 0. The van der Waals surface area contributed by atoms with Crippen LogP contribution in [0, 0.1) is 0 Å². The normalized spacial score (nSPS) is 10.4. The first-order chi connectivity index (χ1) is 7.93. The van der Waals surface area contributed by atoms with Crippen LogP contribution in [0.15, 0.2) is 42.5 Å². The number of rotatable bonds is 5. The van der Waals surface area contributed by atoms with Crippen molar-refractivity contribution in [3.63, 3.8) is 0 Å². The SMILES string of the molecule is C=C(C)C(=O)OCC[N+](C)(C)c1ccccc1.[Cl-]. The molecule has 4 heteroatoms. The molecule has 1 rings (SSSR count). The van der Waals surface area contributed by atoms with Gasteiger partial charge in [0.05, 0.1) is 14.1 Å².